The van der Waals surface area contributed by atoms with Gasteiger partial charge in [-0.05, 0) is 13.3 Å². The minimum atomic E-state index is -1.89. The van der Waals surface area contributed by atoms with Crippen LogP contribution in [-0.2, 0) is 17.1 Å². The predicted octanol–water partition coefficient (Wildman–Crippen LogP) is -1.60. The summed E-state index contributed by atoms with van der Waals surface area (Å²) in [7, 11) is 0. The first-order valence-corrected chi connectivity index (χ1v) is 7.52. The third kappa shape index (κ3) is 2.14. The summed E-state index contributed by atoms with van der Waals surface area (Å²) in [4.78, 5) is 20.2. The summed E-state index contributed by atoms with van der Waals surface area (Å²) in [5.41, 5.74) is -2.83. The number of hydrogen-bond donors (Lipinski definition) is 5. The van der Waals surface area contributed by atoms with Gasteiger partial charge < -0.3 is 25.0 Å². The highest BCUT2D eigenvalue weighted by atomic mass is 16.4. The number of aliphatic carboxylic acids is 1. The van der Waals surface area contributed by atoms with E-state index in [1.807, 2.05) is 0 Å². The summed E-state index contributed by atoms with van der Waals surface area (Å²) >= 11 is 0. The molecule has 0 saturated carbocycles. The van der Waals surface area contributed by atoms with E-state index in [1.165, 1.54) is 31.1 Å². The number of aromatic nitrogens is 4. The van der Waals surface area contributed by atoms with Gasteiger partial charge in [-0.2, -0.15) is 0 Å². The summed E-state index contributed by atoms with van der Waals surface area (Å²) in [5.74, 6) is -1.05. The molecule has 1 aliphatic heterocycles. The topological polar surface area (TPSA) is 145 Å². The third-order valence-electron chi connectivity index (χ3n) is 4.50. The molecule has 3 atom stereocenters. The fraction of sp³-hybridized carbons (Fsp3) is 0.571. The summed E-state index contributed by atoms with van der Waals surface area (Å²) in [6, 6.07) is 0. The Labute approximate surface area is 137 Å². The van der Waals surface area contributed by atoms with Crippen LogP contribution >= 0.6 is 0 Å². The first kappa shape index (κ1) is 16.6. The Morgan fingerprint density at radius 1 is 1.46 bits per heavy atom. The molecular formula is C14H20N5O5+. The summed E-state index contributed by atoms with van der Waals surface area (Å²) < 4.78 is 3.00. The van der Waals surface area contributed by atoms with Gasteiger partial charge in [0.25, 0.3) is 5.82 Å². The highest BCUT2D eigenvalue weighted by Gasteiger charge is 2.59. The number of rotatable bonds is 4. The van der Waals surface area contributed by atoms with E-state index in [2.05, 4.69) is 15.3 Å². The lowest BCUT2D eigenvalue weighted by molar-refractivity contribution is -0.807. The van der Waals surface area contributed by atoms with Gasteiger partial charge in [-0.3, -0.25) is 5.32 Å². The maximum atomic E-state index is 11.7. The SMILES string of the molecule is C[C@]1(C(=O)O)Nc2c3ncn(CCCO)c3nc[n+]2[C@](C)(O)[C@@H]1O. The van der Waals surface area contributed by atoms with Crippen molar-refractivity contribution in [2.75, 3.05) is 11.9 Å². The van der Waals surface area contributed by atoms with E-state index in [1.54, 1.807) is 4.57 Å². The second-order valence-electron chi connectivity index (χ2n) is 6.28. The lowest BCUT2D eigenvalue weighted by atomic mass is 9.85. The van der Waals surface area contributed by atoms with Crippen LogP contribution in [0.15, 0.2) is 12.7 Å². The molecule has 2 aromatic heterocycles. The molecule has 24 heavy (non-hydrogen) atoms. The van der Waals surface area contributed by atoms with Crippen LogP contribution in [0.4, 0.5) is 5.82 Å². The molecule has 3 rings (SSSR count). The number of hydrogen-bond acceptors (Lipinski definition) is 7. The number of nitrogens with zero attached hydrogens (tertiary/aromatic N) is 4. The van der Waals surface area contributed by atoms with Gasteiger partial charge in [0.05, 0.1) is 6.33 Å². The normalized spacial score (nSPS) is 29.3. The first-order valence-electron chi connectivity index (χ1n) is 7.52. The largest absolute Gasteiger partial charge is 0.478 e. The van der Waals surface area contributed by atoms with Gasteiger partial charge in [0, 0.05) is 20.1 Å². The Balaban J connectivity index is 2.20. The molecule has 0 radical (unpaired) electrons. The minimum absolute atomic E-state index is 0.0234. The number of carboxylic acid groups (broad SMARTS) is 1. The number of aliphatic hydroxyl groups is 3. The first-order chi connectivity index (χ1) is 11.2. The molecule has 10 nitrogen and oxygen atoms in total. The lowest BCUT2D eigenvalue weighted by Crippen LogP contribution is -2.75. The fourth-order valence-electron chi connectivity index (χ4n) is 2.99. The lowest BCUT2D eigenvalue weighted by Gasteiger charge is -2.41. The molecule has 5 N–H and O–H groups in total. The van der Waals surface area contributed by atoms with Gasteiger partial charge >= 0.3 is 5.97 Å². The number of aryl methyl sites for hydroxylation is 1. The van der Waals surface area contributed by atoms with Crippen molar-refractivity contribution >= 4 is 23.0 Å². The van der Waals surface area contributed by atoms with Crippen LogP contribution in [0.3, 0.4) is 0 Å². The van der Waals surface area contributed by atoms with E-state index >= 15 is 0 Å². The van der Waals surface area contributed by atoms with E-state index in [-0.39, 0.29) is 12.4 Å². The summed E-state index contributed by atoms with van der Waals surface area (Å²) in [5, 5.41) is 42.3. The Morgan fingerprint density at radius 2 is 2.17 bits per heavy atom. The zero-order valence-electron chi connectivity index (χ0n) is 13.3. The molecule has 0 aromatic carbocycles. The average Bonchev–Trinajstić information content (AvgIpc) is 2.94. The molecule has 2 aromatic rings. The second kappa shape index (κ2) is 5.36. The quantitative estimate of drug-likeness (QED) is 0.419. The number of carbonyl (C=O) groups is 1. The molecule has 0 spiro atoms. The highest BCUT2D eigenvalue weighted by Crippen LogP contribution is 2.33. The molecule has 10 heteroatoms. The van der Waals surface area contributed by atoms with E-state index in [9.17, 15) is 20.1 Å². The van der Waals surface area contributed by atoms with Crippen molar-refractivity contribution in [3.63, 3.8) is 0 Å². The predicted molar refractivity (Wildman–Crippen MR) is 81.0 cm³/mol. The Morgan fingerprint density at radius 3 is 2.79 bits per heavy atom. The van der Waals surface area contributed by atoms with Crippen LogP contribution in [0, 0.1) is 0 Å². The van der Waals surface area contributed by atoms with Crippen LogP contribution in [0.2, 0.25) is 0 Å². The van der Waals surface area contributed by atoms with Crippen LogP contribution < -0.4 is 9.88 Å². The Hall–Kier alpha value is -2.30. The van der Waals surface area contributed by atoms with Crippen molar-refractivity contribution in [3.8, 4) is 0 Å². The van der Waals surface area contributed by atoms with Crippen LogP contribution in [-0.4, -0.2) is 59.2 Å². The second-order valence-corrected chi connectivity index (χ2v) is 6.28. The molecule has 130 valence electrons. The average molecular weight is 338 g/mol. The summed E-state index contributed by atoms with van der Waals surface area (Å²) in [6.07, 6.45) is 1.77. The van der Waals surface area contributed by atoms with Crippen molar-refractivity contribution in [3.05, 3.63) is 12.7 Å². The van der Waals surface area contributed by atoms with E-state index in [0.717, 1.165) is 0 Å². The van der Waals surface area contributed by atoms with Gasteiger partial charge in [-0.25, -0.2) is 14.3 Å². The molecule has 0 amide bonds. The number of fused-ring (bicyclic) bond motifs is 3. The number of imidazole rings is 1. The van der Waals surface area contributed by atoms with Crippen molar-refractivity contribution in [1.29, 1.82) is 0 Å². The maximum absolute atomic E-state index is 11.7. The maximum Gasteiger partial charge on any atom is 0.346 e. The van der Waals surface area contributed by atoms with E-state index in [4.69, 9.17) is 5.11 Å². The van der Waals surface area contributed by atoms with Crippen molar-refractivity contribution in [2.45, 2.75) is 44.2 Å². The molecule has 1 aliphatic rings. The molecule has 0 fully saturated rings. The van der Waals surface area contributed by atoms with Crippen molar-refractivity contribution in [2.24, 2.45) is 0 Å². The van der Waals surface area contributed by atoms with Crippen molar-refractivity contribution in [1.82, 2.24) is 14.5 Å². The molecule has 0 aliphatic carbocycles. The Kier molecular flexibility index (Phi) is 3.70. The fourth-order valence-corrected chi connectivity index (χ4v) is 2.99. The van der Waals surface area contributed by atoms with Crippen molar-refractivity contribution < 1.29 is 29.8 Å². The zero-order valence-corrected chi connectivity index (χ0v) is 13.3. The zero-order chi connectivity index (χ0) is 17.7. The van der Waals surface area contributed by atoms with Gasteiger partial charge in [0.15, 0.2) is 11.6 Å². The molecule has 0 saturated heterocycles. The molecule has 0 bridgehead atoms. The van der Waals surface area contributed by atoms with E-state index in [0.29, 0.717) is 24.1 Å². The van der Waals surface area contributed by atoms with Gasteiger partial charge in [-0.1, -0.05) is 4.98 Å². The molecule has 0 unspecified atom stereocenters. The third-order valence-corrected chi connectivity index (χ3v) is 4.50. The molecular weight excluding hydrogens is 318 g/mol. The number of anilines is 1. The highest BCUT2D eigenvalue weighted by molar-refractivity contribution is 5.88. The van der Waals surface area contributed by atoms with Crippen LogP contribution in [0.5, 0.6) is 0 Å². The van der Waals surface area contributed by atoms with Crippen LogP contribution in [0.25, 0.3) is 11.2 Å². The standard InChI is InChI=1S/C14H19N5O5/c1-13(12(22)23)11(21)14(2,24)19-7-16-9-8(10(19)17-13)15-6-18(9)4-3-5-20/h6-7,11,20-21,24H,3-5H2,1-2H3,(H,22,23)/p+1/t11-,13+,14-/m1/s1. The smallest absolute Gasteiger partial charge is 0.346 e. The van der Waals surface area contributed by atoms with Gasteiger partial charge in [0.1, 0.15) is 0 Å². The summed E-state index contributed by atoms with van der Waals surface area (Å²) in [6.45, 7) is 3.14. The monoisotopic (exact) mass is 338 g/mol. The number of carboxylic acids is 1. The number of aliphatic hydroxyl groups excluding tert-OH is 2. The van der Waals surface area contributed by atoms with Gasteiger partial charge in [-0.15, -0.1) is 0 Å². The van der Waals surface area contributed by atoms with Gasteiger partial charge in [0.2, 0.25) is 23.2 Å². The van der Waals surface area contributed by atoms with Crippen LogP contribution in [0.1, 0.15) is 20.3 Å². The van der Waals surface area contributed by atoms with E-state index < -0.39 is 23.3 Å². The number of nitrogens with one attached hydrogen (secondary N) is 1. The Bertz CT molecular complexity index is 804. The minimum Gasteiger partial charge on any atom is -0.478 e. The molecule has 3 heterocycles.